The number of nitrogens with one attached hydrogen (secondary N) is 1. The molecule has 0 aliphatic carbocycles. The number of imidazole rings is 1. The lowest BCUT2D eigenvalue weighted by Crippen LogP contribution is -1.87. The lowest BCUT2D eigenvalue weighted by molar-refractivity contribution is 0.373. The molecule has 4 rings (SSSR count). The van der Waals surface area contributed by atoms with Gasteiger partial charge in [0.15, 0.2) is 11.0 Å². The zero-order chi connectivity index (χ0) is 17.1. The van der Waals surface area contributed by atoms with Crippen LogP contribution in [0, 0.1) is 0 Å². The molecule has 0 bridgehead atoms. The van der Waals surface area contributed by atoms with E-state index in [9.17, 15) is 0 Å². The van der Waals surface area contributed by atoms with Crippen molar-refractivity contribution in [3.8, 4) is 21.1 Å². The summed E-state index contributed by atoms with van der Waals surface area (Å²) in [5.74, 6) is 2.05. The fourth-order valence-corrected chi connectivity index (χ4v) is 4.57. The van der Waals surface area contributed by atoms with Crippen molar-refractivity contribution in [2.45, 2.75) is 30.7 Å². The van der Waals surface area contributed by atoms with Crippen molar-refractivity contribution in [1.29, 1.82) is 0 Å². The molecule has 0 unspecified atom stereocenters. The average Bonchev–Trinajstić information content (AvgIpc) is 3.38. The number of thioether (sulfide) groups is 1. The van der Waals surface area contributed by atoms with Gasteiger partial charge in [-0.2, -0.15) is 4.98 Å². The van der Waals surface area contributed by atoms with Crippen LogP contribution in [0.5, 0.6) is 0 Å². The summed E-state index contributed by atoms with van der Waals surface area (Å²) in [6.07, 6.45) is 1.82. The van der Waals surface area contributed by atoms with Gasteiger partial charge in [-0.15, -0.1) is 22.7 Å². The second kappa shape index (κ2) is 7.55. The summed E-state index contributed by atoms with van der Waals surface area (Å²) in [7, 11) is 0. The van der Waals surface area contributed by atoms with E-state index in [1.54, 1.807) is 34.4 Å². The van der Waals surface area contributed by atoms with Gasteiger partial charge in [-0.05, 0) is 29.3 Å². The Morgan fingerprint density at radius 2 is 1.92 bits per heavy atom. The van der Waals surface area contributed by atoms with Crippen LogP contribution in [0.2, 0.25) is 0 Å². The molecule has 4 aromatic rings. The van der Waals surface area contributed by atoms with Crippen LogP contribution in [-0.2, 0) is 12.2 Å². The fourth-order valence-electron chi connectivity index (χ4n) is 2.41. The van der Waals surface area contributed by atoms with Crippen molar-refractivity contribution >= 4 is 34.4 Å². The molecule has 0 atom stereocenters. The molecular formula is C17H16N4OS3. The third kappa shape index (κ3) is 3.70. The fraction of sp³-hybridized carbons (Fsp3) is 0.235. The summed E-state index contributed by atoms with van der Waals surface area (Å²) in [4.78, 5) is 15.0. The lowest BCUT2D eigenvalue weighted by Gasteiger charge is -1.96. The summed E-state index contributed by atoms with van der Waals surface area (Å²) in [5.41, 5.74) is 2.07. The van der Waals surface area contributed by atoms with Gasteiger partial charge >= 0.3 is 0 Å². The Bertz CT molecular complexity index is 874. The van der Waals surface area contributed by atoms with Crippen LogP contribution in [0.4, 0.5) is 0 Å². The van der Waals surface area contributed by atoms with E-state index in [-0.39, 0.29) is 0 Å². The minimum atomic E-state index is 0.633. The summed E-state index contributed by atoms with van der Waals surface area (Å²) >= 11 is 5.00. The Morgan fingerprint density at radius 1 is 1.12 bits per heavy atom. The van der Waals surface area contributed by atoms with Crippen LogP contribution in [0.1, 0.15) is 25.1 Å². The van der Waals surface area contributed by atoms with E-state index < -0.39 is 0 Å². The van der Waals surface area contributed by atoms with E-state index in [0.717, 1.165) is 34.3 Å². The van der Waals surface area contributed by atoms with Crippen LogP contribution >= 0.6 is 34.4 Å². The minimum absolute atomic E-state index is 0.633. The Morgan fingerprint density at radius 3 is 2.64 bits per heavy atom. The summed E-state index contributed by atoms with van der Waals surface area (Å²) in [6, 6.07) is 8.32. The first-order chi connectivity index (χ1) is 12.3. The molecule has 0 amide bonds. The van der Waals surface area contributed by atoms with Gasteiger partial charge in [0.2, 0.25) is 5.89 Å². The van der Waals surface area contributed by atoms with Gasteiger partial charge in [0, 0.05) is 6.42 Å². The molecule has 4 aromatic heterocycles. The summed E-state index contributed by atoms with van der Waals surface area (Å²) in [5, 5.41) is 9.06. The number of hydrogen-bond acceptors (Lipinski definition) is 7. The Balaban J connectivity index is 1.56. The quantitative estimate of drug-likeness (QED) is 0.424. The monoisotopic (exact) mass is 388 g/mol. The molecule has 8 heteroatoms. The molecule has 25 heavy (non-hydrogen) atoms. The lowest BCUT2D eigenvalue weighted by atomic mass is 10.2. The van der Waals surface area contributed by atoms with Crippen molar-refractivity contribution in [2.75, 3.05) is 0 Å². The van der Waals surface area contributed by atoms with Crippen molar-refractivity contribution in [2.24, 2.45) is 0 Å². The molecule has 0 aliphatic heterocycles. The highest BCUT2D eigenvalue weighted by Gasteiger charge is 2.16. The van der Waals surface area contributed by atoms with Gasteiger partial charge in [0.05, 0.1) is 21.2 Å². The van der Waals surface area contributed by atoms with Crippen molar-refractivity contribution in [3.63, 3.8) is 0 Å². The molecular weight excluding hydrogens is 372 g/mol. The van der Waals surface area contributed by atoms with Gasteiger partial charge in [0.1, 0.15) is 5.69 Å². The van der Waals surface area contributed by atoms with E-state index in [2.05, 4.69) is 51.0 Å². The van der Waals surface area contributed by atoms with E-state index in [4.69, 9.17) is 9.51 Å². The van der Waals surface area contributed by atoms with Gasteiger partial charge in [-0.25, -0.2) is 4.98 Å². The number of hydrogen-bond donors (Lipinski definition) is 1. The number of aromatic amines is 1. The summed E-state index contributed by atoms with van der Waals surface area (Å²) in [6.45, 7) is 2.10. The molecule has 0 spiro atoms. The van der Waals surface area contributed by atoms with Crippen LogP contribution in [0.3, 0.4) is 0 Å². The van der Waals surface area contributed by atoms with Crippen molar-refractivity contribution in [1.82, 2.24) is 20.1 Å². The maximum atomic E-state index is 5.24. The molecule has 1 N–H and O–H groups in total. The highest BCUT2D eigenvalue weighted by atomic mass is 32.2. The molecule has 4 heterocycles. The van der Waals surface area contributed by atoms with Crippen LogP contribution < -0.4 is 0 Å². The average molecular weight is 389 g/mol. The van der Waals surface area contributed by atoms with Gasteiger partial charge in [-0.1, -0.05) is 36.0 Å². The number of nitrogens with zero attached hydrogens (tertiary/aromatic N) is 3. The van der Waals surface area contributed by atoms with Crippen LogP contribution in [0.15, 0.2) is 44.7 Å². The molecule has 0 radical (unpaired) electrons. The highest BCUT2D eigenvalue weighted by Crippen LogP contribution is 2.37. The number of aromatic nitrogens is 4. The number of aryl methyl sites for hydroxylation is 1. The molecule has 0 fully saturated rings. The smallest absolute Gasteiger partial charge is 0.226 e. The SMILES string of the molecule is CCCc1nc(CSc2nc(-c3cccs3)c(-c3cccs3)[nH]2)no1. The van der Waals surface area contributed by atoms with Gasteiger partial charge < -0.3 is 9.51 Å². The van der Waals surface area contributed by atoms with E-state index in [1.165, 1.54) is 4.88 Å². The first-order valence-corrected chi connectivity index (χ1v) is 10.7. The molecule has 0 aromatic carbocycles. The van der Waals surface area contributed by atoms with Crippen molar-refractivity contribution < 1.29 is 4.52 Å². The second-order valence-corrected chi connectivity index (χ2v) is 8.22. The second-order valence-electron chi connectivity index (χ2n) is 5.36. The highest BCUT2D eigenvalue weighted by molar-refractivity contribution is 7.98. The predicted molar refractivity (Wildman–Crippen MR) is 103 cm³/mol. The zero-order valence-corrected chi connectivity index (χ0v) is 16.0. The van der Waals surface area contributed by atoms with Crippen molar-refractivity contribution in [3.05, 3.63) is 46.7 Å². The standard InChI is InChI=1S/C17H16N4OS3/c1-2-5-14-18-13(21-22-14)10-25-17-19-15(11-6-3-8-23-11)16(20-17)12-7-4-9-24-12/h3-4,6-9H,2,5,10H2,1H3,(H,19,20). The molecule has 0 saturated carbocycles. The normalized spacial score (nSPS) is 11.2. The molecule has 0 saturated heterocycles. The topological polar surface area (TPSA) is 67.6 Å². The maximum absolute atomic E-state index is 5.24. The Kier molecular flexibility index (Phi) is 5.00. The number of rotatable bonds is 7. The first kappa shape index (κ1) is 16.6. The third-order valence-corrected chi connectivity index (χ3v) is 6.15. The Labute approximate surface area is 157 Å². The zero-order valence-electron chi connectivity index (χ0n) is 13.6. The summed E-state index contributed by atoms with van der Waals surface area (Å²) < 4.78 is 5.24. The predicted octanol–water partition coefficient (Wildman–Crippen LogP) is 5.49. The maximum Gasteiger partial charge on any atom is 0.226 e. The largest absolute Gasteiger partial charge is 0.339 e. The minimum Gasteiger partial charge on any atom is -0.339 e. The van der Waals surface area contributed by atoms with Gasteiger partial charge in [0.25, 0.3) is 0 Å². The molecule has 5 nitrogen and oxygen atoms in total. The first-order valence-electron chi connectivity index (χ1n) is 7.95. The number of H-pyrrole nitrogens is 1. The molecule has 128 valence electrons. The van der Waals surface area contributed by atoms with Gasteiger partial charge in [-0.3, -0.25) is 0 Å². The number of thiophene rings is 2. The van der Waals surface area contributed by atoms with E-state index in [0.29, 0.717) is 17.5 Å². The molecule has 0 aliphatic rings. The van der Waals surface area contributed by atoms with E-state index >= 15 is 0 Å². The van der Waals surface area contributed by atoms with E-state index in [1.807, 2.05) is 6.07 Å². The third-order valence-electron chi connectivity index (χ3n) is 3.52. The van der Waals surface area contributed by atoms with Crippen LogP contribution in [-0.4, -0.2) is 20.1 Å². The Hall–Kier alpha value is -1.90. The van der Waals surface area contributed by atoms with Crippen LogP contribution in [0.25, 0.3) is 21.1 Å².